The number of anilines is 1. The quantitative estimate of drug-likeness (QED) is 0.239. The first-order valence-corrected chi connectivity index (χ1v) is 20.4. The van der Waals surface area contributed by atoms with E-state index in [1.165, 1.54) is 12.8 Å². The minimum atomic E-state index is -0.361. The van der Waals surface area contributed by atoms with Gasteiger partial charge >= 0.3 is 6.09 Å². The molecule has 2 aromatic rings. The number of fused-ring (bicyclic) bond motifs is 5. The molecule has 0 spiro atoms. The SMILES string of the molecule is C=CCN(C)C(=O)CC[C@@H](C)[C@H]1CC[C@H]2[C@@H]3CC[C@@H]4C[C@H](OC(=O)Nc5cc(C)cc(C)c5)CC[C@]4(C)[C@H]3C[C@H](NC(=O)c3cc(C)cc(C)c3)[C@]12C. The van der Waals surface area contributed by atoms with E-state index in [1.807, 2.05) is 45.2 Å². The zero-order valence-electron chi connectivity index (χ0n) is 33.7. The van der Waals surface area contributed by atoms with E-state index in [4.69, 9.17) is 4.74 Å². The molecule has 6 rings (SSSR count). The lowest BCUT2D eigenvalue weighted by Crippen LogP contribution is -2.62. The van der Waals surface area contributed by atoms with Crippen LogP contribution < -0.4 is 10.6 Å². The summed E-state index contributed by atoms with van der Waals surface area (Å²) in [5.41, 5.74) is 6.03. The second kappa shape index (κ2) is 15.6. The molecule has 2 N–H and O–H groups in total. The van der Waals surface area contributed by atoms with Crippen molar-refractivity contribution in [1.82, 2.24) is 10.2 Å². The molecule has 53 heavy (non-hydrogen) atoms. The second-order valence-corrected chi connectivity index (χ2v) is 18.2. The molecule has 7 heteroatoms. The predicted molar refractivity (Wildman–Crippen MR) is 214 cm³/mol. The number of carbonyl (C=O) groups is 3. The number of hydrogen-bond acceptors (Lipinski definition) is 4. The van der Waals surface area contributed by atoms with Gasteiger partial charge in [0.1, 0.15) is 6.10 Å². The minimum absolute atomic E-state index is 0.0317. The lowest BCUT2D eigenvalue weighted by atomic mass is 9.43. The van der Waals surface area contributed by atoms with Crippen molar-refractivity contribution >= 4 is 23.6 Å². The molecule has 3 amide bonds. The number of likely N-dealkylation sites (N-methyl/N-ethyl adjacent to an activating group) is 1. The normalized spacial score (nSPS) is 32.3. The molecule has 0 saturated heterocycles. The Morgan fingerprint density at radius 2 is 1.57 bits per heavy atom. The standard InChI is InChI=1S/C46H65N3O4/c1-10-19-49(9)42(50)16-11-32(6)38-14-15-39-37-13-12-34-26-36(53-44(52)47-35-24-30(4)21-31(5)25-35)17-18-45(34,7)40(37)27-41(46(38,39)8)48-43(51)33-22-28(2)20-29(3)23-33/h10,20-25,32,34,36-41H,1,11-19,26-27H2,2-9H3,(H,47,52)(H,48,51)/t32-,34-,36-,37+,38-,39+,40+,41+,45+,46-/m1/s1. The van der Waals surface area contributed by atoms with Gasteiger partial charge in [0, 0.05) is 37.3 Å². The highest BCUT2D eigenvalue weighted by Gasteiger charge is 2.64. The summed E-state index contributed by atoms with van der Waals surface area (Å²) in [7, 11) is 1.86. The lowest BCUT2D eigenvalue weighted by Gasteiger charge is -2.63. The summed E-state index contributed by atoms with van der Waals surface area (Å²) in [5.74, 6) is 3.12. The molecule has 0 radical (unpaired) electrons. The van der Waals surface area contributed by atoms with E-state index < -0.39 is 0 Å². The summed E-state index contributed by atoms with van der Waals surface area (Å²) in [6.45, 7) is 19.9. The number of amides is 3. The molecule has 4 aliphatic carbocycles. The summed E-state index contributed by atoms with van der Waals surface area (Å²) < 4.78 is 6.10. The zero-order valence-corrected chi connectivity index (χ0v) is 33.7. The summed E-state index contributed by atoms with van der Waals surface area (Å²) >= 11 is 0. The highest BCUT2D eigenvalue weighted by Crippen LogP contribution is 2.68. The molecule has 4 saturated carbocycles. The first kappa shape index (κ1) is 39.1. The van der Waals surface area contributed by atoms with E-state index in [2.05, 4.69) is 64.0 Å². The van der Waals surface area contributed by atoms with E-state index >= 15 is 0 Å². The van der Waals surface area contributed by atoms with Gasteiger partial charge in [-0.15, -0.1) is 6.58 Å². The summed E-state index contributed by atoms with van der Waals surface area (Å²) in [4.78, 5) is 42.0. The Morgan fingerprint density at radius 3 is 2.23 bits per heavy atom. The third-order valence-corrected chi connectivity index (χ3v) is 14.7. The third kappa shape index (κ3) is 7.96. The van der Waals surface area contributed by atoms with Crippen molar-refractivity contribution in [2.45, 2.75) is 125 Å². The van der Waals surface area contributed by atoms with Crippen LogP contribution in [0.15, 0.2) is 49.1 Å². The van der Waals surface area contributed by atoms with Crippen LogP contribution in [0.3, 0.4) is 0 Å². The van der Waals surface area contributed by atoms with Gasteiger partial charge in [0.25, 0.3) is 5.91 Å². The smallest absolute Gasteiger partial charge is 0.411 e. The van der Waals surface area contributed by atoms with E-state index in [0.717, 1.165) is 78.5 Å². The van der Waals surface area contributed by atoms with Crippen LogP contribution >= 0.6 is 0 Å². The van der Waals surface area contributed by atoms with Crippen LogP contribution in [0, 0.1) is 74.0 Å². The number of nitrogens with one attached hydrogen (secondary N) is 2. The molecule has 7 nitrogen and oxygen atoms in total. The Kier molecular flexibility index (Phi) is 11.5. The summed E-state index contributed by atoms with van der Waals surface area (Å²) in [6, 6.07) is 12.3. The van der Waals surface area contributed by atoms with Gasteiger partial charge in [-0.1, -0.05) is 50.1 Å². The van der Waals surface area contributed by atoms with Crippen molar-refractivity contribution in [1.29, 1.82) is 0 Å². The Labute approximate surface area is 319 Å². The molecule has 4 fully saturated rings. The Balaban J connectivity index is 1.21. The fourth-order valence-corrected chi connectivity index (χ4v) is 12.2. The first-order valence-electron chi connectivity index (χ1n) is 20.4. The molecule has 288 valence electrons. The van der Waals surface area contributed by atoms with Gasteiger partial charge in [-0.2, -0.15) is 0 Å². The number of nitrogens with zero attached hydrogens (tertiary/aromatic N) is 1. The second-order valence-electron chi connectivity index (χ2n) is 18.2. The molecule has 0 aromatic heterocycles. The van der Waals surface area contributed by atoms with Gasteiger partial charge in [0.2, 0.25) is 5.91 Å². The van der Waals surface area contributed by atoms with Crippen molar-refractivity contribution in [2.24, 2.45) is 46.3 Å². The summed E-state index contributed by atoms with van der Waals surface area (Å²) in [5, 5.41) is 6.68. The van der Waals surface area contributed by atoms with E-state index in [0.29, 0.717) is 48.5 Å². The van der Waals surface area contributed by atoms with Gasteiger partial charge in [-0.25, -0.2) is 4.79 Å². The van der Waals surface area contributed by atoms with E-state index in [-0.39, 0.29) is 40.9 Å². The molecular formula is C46H65N3O4. The van der Waals surface area contributed by atoms with E-state index in [9.17, 15) is 14.4 Å². The fraction of sp³-hybridized carbons (Fsp3) is 0.630. The van der Waals surface area contributed by atoms with Gasteiger partial charge in [-0.05, 0) is 167 Å². The minimum Gasteiger partial charge on any atom is -0.446 e. The lowest BCUT2D eigenvalue weighted by molar-refractivity contribution is -0.140. The Hall–Kier alpha value is -3.61. The molecule has 0 bridgehead atoms. The highest BCUT2D eigenvalue weighted by molar-refractivity contribution is 5.95. The number of aryl methyl sites for hydroxylation is 4. The average Bonchev–Trinajstić information content (AvgIpc) is 3.45. The van der Waals surface area contributed by atoms with E-state index in [1.54, 1.807) is 11.0 Å². The van der Waals surface area contributed by atoms with Crippen LogP contribution in [-0.4, -0.2) is 48.5 Å². The van der Waals surface area contributed by atoms with Crippen LogP contribution in [0.5, 0.6) is 0 Å². The van der Waals surface area contributed by atoms with Gasteiger partial charge < -0.3 is 15.0 Å². The number of carbonyl (C=O) groups excluding carboxylic acids is 3. The largest absolute Gasteiger partial charge is 0.446 e. The maximum atomic E-state index is 14.2. The van der Waals surface area contributed by atoms with Gasteiger partial charge in [0.05, 0.1) is 0 Å². The van der Waals surface area contributed by atoms with Crippen LogP contribution in [-0.2, 0) is 9.53 Å². The van der Waals surface area contributed by atoms with Crippen molar-refractivity contribution in [3.63, 3.8) is 0 Å². The molecule has 0 aliphatic heterocycles. The number of benzene rings is 2. The molecule has 2 aromatic carbocycles. The fourth-order valence-electron chi connectivity index (χ4n) is 12.2. The maximum Gasteiger partial charge on any atom is 0.411 e. The predicted octanol–water partition coefficient (Wildman–Crippen LogP) is 9.97. The number of ether oxygens (including phenoxy) is 1. The molecular weight excluding hydrogens is 659 g/mol. The van der Waals surface area contributed by atoms with Crippen molar-refractivity contribution in [3.8, 4) is 0 Å². The summed E-state index contributed by atoms with van der Waals surface area (Å²) in [6.07, 6.45) is 11.2. The van der Waals surface area contributed by atoms with Crippen molar-refractivity contribution < 1.29 is 19.1 Å². The molecule has 4 aliphatic rings. The third-order valence-electron chi connectivity index (χ3n) is 14.7. The van der Waals surface area contributed by atoms with Crippen molar-refractivity contribution in [2.75, 3.05) is 18.9 Å². The number of rotatable bonds is 10. The molecule has 0 heterocycles. The van der Waals surface area contributed by atoms with Crippen molar-refractivity contribution in [3.05, 3.63) is 76.9 Å². The zero-order chi connectivity index (χ0) is 38.2. The maximum absolute atomic E-state index is 14.2. The Bertz CT molecular complexity index is 1660. The first-order chi connectivity index (χ1) is 25.1. The van der Waals surface area contributed by atoms with Crippen LogP contribution in [0.25, 0.3) is 0 Å². The van der Waals surface area contributed by atoms with Crippen LogP contribution in [0.4, 0.5) is 10.5 Å². The monoisotopic (exact) mass is 723 g/mol. The highest BCUT2D eigenvalue weighted by atomic mass is 16.6. The molecule has 0 unspecified atom stereocenters. The van der Waals surface area contributed by atoms with Crippen LogP contribution in [0.2, 0.25) is 0 Å². The molecule has 10 atom stereocenters. The Morgan fingerprint density at radius 1 is 0.906 bits per heavy atom. The van der Waals surface area contributed by atoms with Gasteiger partial charge in [0.15, 0.2) is 0 Å². The average molecular weight is 724 g/mol. The number of hydrogen-bond donors (Lipinski definition) is 2. The topological polar surface area (TPSA) is 87.7 Å². The van der Waals surface area contributed by atoms with Gasteiger partial charge in [-0.3, -0.25) is 14.9 Å². The van der Waals surface area contributed by atoms with Crippen LogP contribution in [0.1, 0.15) is 118 Å².